The molecule has 1 fully saturated rings. The molecule has 158 valence electrons. The number of nitrogens with zero attached hydrogens (tertiary/aromatic N) is 5. The molecule has 5 rings (SSSR count). The van der Waals surface area contributed by atoms with Gasteiger partial charge < -0.3 is 14.7 Å². The van der Waals surface area contributed by atoms with Gasteiger partial charge in [-0.2, -0.15) is 0 Å². The summed E-state index contributed by atoms with van der Waals surface area (Å²) in [5.41, 5.74) is 4.23. The molecule has 0 atom stereocenters. The molecule has 1 aromatic heterocycles. The Morgan fingerprint density at radius 3 is 2.35 bits per heavy atom. The number of amides is 1. The zero-order valence-electron chi connectivity index (χ0n) is 17.9. The molecule has 3 aromatic rings. The second kappa shape index (κ2) is 8.47. The average Bonchev–Trinajstić information content (AvgIpc) is 2.84. The summed E-state index contributed by atoms with van der Waals surface area (Å²) in [5.74, 6) is 1.43. The van der Waals surface area contributed by atoms with Crippen LogP contribution in [0, 0.1) is 0 Å². The van der Waals surface area contributed by atoms with Crippen LogP contribution in [-0.4, -0.2) is 65.4 Å². The van der Waals surface area contributed by atoms with Gasteiger partial charge in [0.15, 0.2) is 5.82 Å². The van der Waals surface area contributed by atoms with Gasteiger partial charge in [0.1, 0.15) is 11.4 Å². The third kappa shape index (κ3) is 4.03. The first-order chi connectivity index (χ1) is 15.2. The fourth-order valence-corrected chi connectivity index (χ4v) is 4.35. The molecule has 1 saturated heterocycles. The quantitative estimate of drug-likeness (QED) is 0.661. The van der Waals surface area contributed by atoms with E-state index in [0.29, 0.717) is 11.4 Å². The van der Waals surface area contributed by atoms with Gasteiger partial charge in [-0.15, -0.1) is 0 Å². The highest BCUT2D eigenvalue weighted by Crippen LogP contribution is 2.28. The predicted octanol–water partition coefficient (Wildman–Crippen LogP) is 3.09. The van der Waals surface area contributed by atoms with Crippen LogP contribution in [0.25, 0.3) is 11.4 Å². The third-order valence-corrected chi connectivity index (χ3v) is 6.25. The molecule has 0 saturated carbocycles. The zero-order valence-corrected chi connectivity index (χ0v) is 17.9. The molecule has 2 aliphatic rings. The highest BCUT2D eigenvalue weighted by molar-refractivity contribution is 5.99. The highest BCUT2D eigenvalue weighted by atomic mass is 16.2. The lowest BCUT2D eigenvalue weighted by Crippen LogP contribution is -2.47. The van der Waals surface area contributed by atoms with E-state index in [1.54, 1.807) is 6.20 Å². The monoisotopic (exact) mass is 413 g/mol. The molecule has 3 heterocycles. The third-order valence-electron chi connectivity index (χ3n) is 6.25. The molecule has 0 spiro atoms. The molecule has 0 aliphatic carbocycles. The van der Waals surface area contributed by atoms with Crippen molar-refractivity contribution in [1.29, 1.82) is 0 Å². The average molecular weight is 414 g/mol. The number of aromatic nitrogens is 2. The fourth-order valence-electron chi connectivity index (χ4n) is 4.35. The van der Waals surface area contributed by atoms with E-state index in [1.807, 2.05) is 35.2 Å². The summed E-state index contributed by atoms with van der Waals surface area (Å²) >= 11 is 0. The van der Waals surface area contributed by atoms with Crippen LogP contribution in [0.2, 0.25) is 0 Å². The number of hydrogen-bond acceptors (Lipinski definition) is 5. The smallest absolute Gasteiger partial charge is 0.259 e. The SMILES string of the molecule is CN1CCN(C(=O)c2cnc(-c3ccccc3)nc2N2CCc3ccccc3C2)CC1. The number of hydrogen-bond donors (Lipinski definition) is 0. The molecule has 1 amide bonds. The van der Waals surface area contributed by atoms with Crippen LogP contribution >= 0.6 is 0 Å². The Kier molecular flexibility index (Phi) is 5.38. The van der Waals surface area contributed by atoms with Crippen molar-refractivity contribution in [1.82, 2.24) is 19.8 Å². The number of fused-ring (bicyclic) bond motifs is 1. The molecular formula is C25H27N5O. The van der Waals surface area contributed by atoms with E-state index in [4.69, 9.17) is 4.98 Å². The number of piperazine rings is 1. The van der Waals surface area contributed by atoms with E-state index >= 15 is 0 Å². The lowest BCUT2D eigenvalue weighted by atomic mass is 9.99. The Morgan fingerprint density at radius 2 is 1.58 bits per heavy atom. The maximum atomic E-state index is 13.5. The van der Waals surface area contributed by atoms with Gasteiger partial charge in [-0.1, -0.05) is 54.6 Å². The van der Waals surface area contributed by atoms with Crippen LogP contribution in [0.15, 0.2) is 60.8 Å². The van der Waals surface area contributed by atoms with Crippen molar-refractivity contribution >= 4 is 11.7 Å². The molecule has 31 heavy (non-hydrogen) atoms. The summed E-state index contributed by atoms with van der Waals surface area (Å²) in [7, 11) is 2.09. The van der Waals surface area contributed by atoms with Crippen molar-refractivity contribution in [2.24, 2.45) is 0 Å². The van der Waals surface area contributed by atoms with E-state index in [-0.39, 0.29) is 5.91 Å². The Hall–Kier alpha value is -3.25. The summed E-state index contributed by atoms with van der Waals surface area (Å²) in [5, 5.41) is 0. The van der Waals surface area contributed by atoms with Crippen LogP contribution < -0.4 is 4.90 Å². The summed E-state index contributed by atoms with van der Waals surface area (Å²) in [6.45, 7) is 4.84. The van der Waals surface area contributed by atoms with Crippen LogP contribution in [-0.2, 0) is 13.0 Å². The lowest BCUT2D eigenvalue weighted by Gasteiger charge is -2.34. The van der Waals surface area contributed by atoms with E-state index in [1.165, 1.54) is 11.1 Å². The van der Waals surface area contributed by atoms with Gasteiger partial charge in [0.2, 0.25) is 0 Å². The van der Waals surface area contributed by atoms with E-state index in [9.17, 15) is 4.79 Å². The predicted molar refractivity (Wildman–Crippen MR) is 122 cm³/mol. The van der Waals surface area contributed by atoms with Crippen LogP contribution in [0.5, 0.6) is 0 Å². The van der Waals surface area contributed by atoms with Crippen LogP contribution in [0.1, 0.15) is 21.5 Å². The van der Waals surface area contributed by atoms with Crippen molar-refractivity contribution in [2.75, 3.05) is 44.7 Å². The van der Waals surface area contributed by atoms with E-state index < -0.39 is 0 Å². The Labute approximate surface area is 183 Å². The Morgan fingerprint density at radius 1 is 0.871 bits per heavy atom. The van der Waals surface area contributed by atoms with Crippen molar-refractivity contribution in [3.63, 3.8) is 0 Å². The first-order valence-corrected chi connectivity index (χ1v) is 10.9. The first-order valence-electron chi connectivity index (χ1n) is 10.9. The topological polar surface area (TPSA) is 52.6 Å². The lowest BCUT2D eigenvalue weighted by molar-refractivity contribution is 0.0664. The zero-order chi connectivity index (χ0) is 21.2. The molecule has 2 aromatic carbocycles. The van der Waals surface area contributed by atoms with Crippen LogP contribution in [0.3, 0.4) is 0 Å². The number of anilines is 1. The normalized spacial score (nSPS) is 16.8. The largest absolute Gasteiger partial charge is 0.351 e. The van der Waals surface area contributed by atoms with Gasteiger partial charge in [-0.05, 0) is 24.6 Å². The van der Waals surface area contributed by atoms with Gasteiger partial charge in [0.25, 0.3) is 5.91 Å². The van der Waals surface area contributed by atoms with Gasteiger partial charge in [-0.25, -0.2) is 9.97 Å². The standard InChI is InChI=1S/C25H27N5O/c1-28-13-15-29(16-14-28)25(31)22-17-26-23(20-8-3-2-4-9-20)27-24(22)30-12-11-19-7-5-6-10-21(19)18-30/h2-10,17H,11-16,18H2,1H3. The molecule has 6 heteroatoms. The molecule has 0 N–H and O–H groups in total. The van der Waals surface area contributed by atoms with Gasteiger partial charge in [-0.3, -0.25) is 4.79 Å². The van der Waals surface area contributed by atoms with Crippen LogP contribution in [0.4, 0.5) is 5.82 Å². The molecule has 0 unspecified atom stereocenters. The Bertz CT molecular complexity index is 1080. The van der Waals surface area contributed by atoms with Gasteiger partial charge in [0.05, 0.1) is 0 Å². The number of benzene rings is 2. The minimum absolute atomic E-state index is 0.0292. The summed E-state index contributed by atoms with van der Waals surface area (Å²) in [6.07, 6.45) is 2.68. The minimum atomic E-state index is 0.0292. The number of likely N-dealkylation sites (N-methyl/N-ethyl adjacent to an activating group) is 1. The number of carbonyl (C=O) groups is 1. The maximum Gasteiger partial charge on any atom is 0.259 e. The van der Waals surface area contributed by atoms with E-state index in [2.05, 4.69) is 46.1 Å². The maximum absolute atomic E-state index is 13.5. The second-order valence-electron chi connectivity index (χ2n) is 8.33. The minimum Gasteiger partial charge on any atom is -0.351 e. The molecule has 2 aliphatic heterocycles. The first kappa shape index (κ1) is 19.7. The van der Waals surface area contributed by atoms with Gasteiger partial charge >= 0.3 is 0 Å². The van der Waals surface area contributed by atoms with Crippen molar-refractivity contribution in [3.05, 3.63) is 77.5 Å². The molecular weight excluding hydrogens is 386 g/mol. The van der Waals surface area contributed by atoms with Crippen molar-refractivity contribution in [3.8, 4) is 11.4 Å². The summed E-state index contributed by atoms with van der Waals surface area (Å²) in [6, 6.07) is 18.5. The fraction of sp³-hybridized carbons (Fsp3) is 0.320. The second-order valence-corrected chi connectivity index (χ2v) is 8.33. The molecule has 0 bridgehead atoms. The number of carbonyl (C=O) groups excluding carboxylic acids is 1. The number of rotatable bonds is 3. The van der Waals surface area contributed by atoms with E-state index in [0.717, 1.165) is 57.1 Å². The highest BCUT2D eigenvalue weighted by Gasteiger charge is 2.28. The van der Waals surface area contributed by atoms with Crippen molar-refractivity contribution in [2.45, 2.75) is 13.0 Å². The molecule has 0 radical (unpaired) electrons. The van der Waals surface area contributed by atoms with Crippen molar-refractivity contribution < 1.29 is 4.79 Å². The Balaban J connectivity index is 1.52. The molecule has 6 nitrogen and oxygen atoms in total. The summed E-state index contributed by atoms with van der Waals surface area (Å²) < 4.78 is 0. The summed E-state index contributed by atoms with van der Waals surface area (Å²) in [4.78, 5) is 29.4. The van der Waals surface area contributed by atoms with Gasteiger partial charge in [0, 0.05) is 51.0 Å².